The van der Waals surface area contributed by atoms with Crippen LogP contribution in [0, 0.1) is 0 Å². The molecule has 0 bridgehead atoms. The topological polar surface area (TPSA) is 21.3 Å². The highest BCUT2D eigenvalue weighted by Crippen LogP contribution is 2.31. The summed E-state index contributed by atoms with van der Waals surface area (Å²) in [7, 11) is 2.03. The quantitative estimate of drug-likeness (QED) is 0.763. The van der Waals surface area contributed by atoms with Gasteiger partial charge in [-0.25, -0.2) is 0 Å². The fraction of sp³-hybridized carbons (Fsp3) is 1.00. The highest BCUT2D eigenvalue weighted by atomic mass is 32.2. The zero-order valence-electron chi connectivity index (χ0n) is 9.75. The largest absolute Gasteiger partial charge is 0.377 e. The van der Waals surface area contributed by atoms with E-state index in [0.717, 1.165) is 11.9 Å². The molecule has 0 aromatic rings. The molecule has 14 heavy (non-hydrogen) atoms. The van der Waals surface area contributed by atoms with Crippen molar-refractivity contribution in [3.63, 3.8) is 0 Å². The van der Waals surface area contributed by atoms with Gasteiger partial charge in [0.25, 0.3) is 0 Å². The summed E-state index contributed by atoms with van der Waals surface area (Å²) in [4.78, 5) is 0. The van der Waals surface area contributed by atoms with E-state index in [1.54, 1.807) is 0 Å². The molecule has 4 atom stereocenters. The van der Waals surface area contributed by atoms with Gasteiger partial charge < -0.3 is 10.1 Å². The molecule has 0 amide bonds. The Kier molecular flexibility index (Phi) is 5.28. The van der Waals surface area contributed by atoms with E-state index < -0.39 is 0 Å². The van der Waals surface area contributed by atoms with Crippen LogP contribution in [0.4, 0.5) is 0 Å². The number of hydrogen-bond donors (Lipinski definition) is 1. The van der Waals surface area contributed by atoms with E-state index in [4.69, 9.17) is 4.74 Å². The zero-order valence-corrected chi connectivity index (χ0v) is 10.6. The average molecular weight is 217 g/mol. The first kappa shape index (κ1) is 12.3. The van der Waals surface area contributed by atoms with Crippen molar-refractivity contribution in [2.24, 2.45) is 0 Å². The van der Waals surface area contributed by atoms with Crippen molar-refractivity contribution in [2.45, 2.75) is 56.3 Å². The Morgan fingerprint density at radius 3 is 2.71 bits per heavy atom. The van der Waals surface area contributed by atoms with E-state index in [-0.39, 0.29) is 0 Å². The van der Waals surface area contributed by atoms with Gasteiger partial charge >= 0.3 is 0 Å². The first-order valence-corrected chi connectivity index (χ1v) is 6.52. The van der Waals surface area contributed by atoms with E-state index in [2.05, 4.69) is 37.8 Å². The van der Waals surface area contributed by atoms with Gasteiger partial charge in [-0.1, -0.05) is 6.92 Å². The van der Waals surface area contributed by atoms with E-state index in [9.17, 15) is 0 Å². The monoisotopic (exact) mass is 217 g/mol. The van der Waals surface area contributed by atoms with E-state index >= 15 is 0 Å². The van der Waals surface area contributed by atoms with E-state index in [1.807, 2.05) is 7.05 Å². The Morgan fingerprint density at radius 1 is 1.50 bits per heavy atom. The van der Waals surface area contributed by atoms with Crippen molar-refractivity contribution >= 4 is 11.8 Å². The lowest BCUT2D eigenvalue weighted by Gasteiger charge is -2.21. The molecule has 1 saturated heterocycles. The maximum atomic E-state index is 5.56. The zero-order chi connectivity index (χ0) is 10.6. The normalized spacial score (nSPS) is 31.7. The van der Waals surface area contributed by atoms with Crippen molar-refractivity contribution in [3.05, 3.63) is 0 Å². The maximum Gasteiger partial charge on any atom is 0.0666 e. The van der Waals surface area contributed by atoms with Crippen LogP contribution in [0.2, 0.25) is 0 Å². The van der Waals surface area contributed by atoms with Crippen molar-refractivity contribution in [3.8, 4) is 0 Å². The number of hydrogen-bond acceptors (Lipinski definition) is 3. The highest BCUT2D eigenvalue weighted by Gasteiger charge is 2.26. The molecule has 0 saturated carbocycles. The fourth-order valence-corrected chi connectivity index (χ4v) is 3.39. The van der Waals surface area contributed by atoms with Crippen LogP contribution in [0.3, 0.4) is 0 Å². The first-order chi connectivity index (χ1) is 6.63. The molecule has 1 N–H and O–H groups in total. The van der Waals surface area contributed by atoms with Gasteiger partial charge in [-0.3, -0.25) is 0 Å². The highest BCUT2D eigenvalue weighted by molar-refractivity contribution is 8.00. The van der Waals surface area contributed by atoms with Crippen LogP contribution >= 0.6 is 11.8 Å². The van der Waals surface area contributed by atoms with Crippen molar-refractivity contribution < 1.29 is 4.74 Å². The second-order valence-electron chi connectivity index (χ2n) is 4.28. The number of rotatable bonds is 5. The van der Waals surface area contributed by atoms with Crippen LogP contribution < -0.4 is 5.32 Å². The van der Waals surface area contributed by atoms with Crippen LogP contribution in [-0.2, 0) is 4.74 Å². The summed E-state index contributed by atoms with van der Waals surface area (Å²) in [6.45, 7) is 7.71. The summed E-state index contributed by atoms with van der Waals surface area (Å²) in [6, 6.07) is 0.620. The first-order valence-electron chi connectivity index (χ1n) is 5.57. The maximum absolute atomic E-state index is 5.56. The molecular weight excluding hydrogens is 194 g/mol. The minimum Gasteiger partial charge on any atom is -0.377 e. The lowest BCUT2D eigenvalue weighted by molar-refractivity contribution is 0.127. The minimum absolute atomic E-state index is 0.451. The second kappa shape index (κ2) is 5.99. The molecule has 4 unspecified atom stereocenters. The standard InChI is InChI=1S/C11H23NOS/c1-8(12-4)7-9(2)14-11-5-6-13-10(11)3/h8-12H,5-7H2,1-4H3. The summed E-state index contributed by atoms with van der Waals surface area (Å²) >= 11 is 2.09. The molecule has 1 heterocycles. The molecule has 0 aromatic carbocycles. The molecule has 0 aromatic heterocycles. The summed E-state index contributed by atoms with van der Waals surface area (Å²) in [5.74, 6) is 0. The Bertz CT molecular complexity index is 165. The molecular formula is C11H23NOS. The molecule has 1 aliphatic rings. The third-order valence-corrected chi connectivity index (χ3v) is 4.52. The van der Waals surface area contributed by atoms with Crippen molar-refractivity contribution in [1.82, 2.24) is 5.32 Å². The summed E-state index contributed by atoms with van der Waals surface area (Å²) in [6.07, 6.45) is 2.92. The van der Waals surface area contributed by atoms with E-state index in [0.29, 0.717) is 17.4 Å². The molecule has 3 heteroatoms. The van der Waals surface area contributed by atoms with Crippen LogP contribution in [-0.4, -0.2) is 36.3 Å². The van der Waals surface area contributed by atoms with Gasteiger partial charge in [0, 0.05) is 23.1 Å². The fourth-order valence-electron chi connectivity index (χ4n) is 1.86. The number of ether oxygens (including phenoxy) is 1. The minimum atomic E-state index is 0.451. The molecule has 2 nitrogen and oxygen atoms in total. The predicted octanol–water partition coefficient (Wildman–Crippen LogP) is 2.28. The summed E-state index contributed by atoms with van der Waals surface area (Å²) < 4.78 is 5.56. The summed E-state index contributed by atoms with van der Waals surface area (Å²) in [5, 5.41) is 4.73. The van der Waals surface area contributed by atoms with Crippen LogP contribution in [0.15, 0.2) is 0 Å². The molecule has 1 rings (SSSR count). The van der Waals surface area contributed by atoms with Crippen LogP contribution in [0.5, 0.6) is 0 Å². The Hall–Kier alpha value is 0.270. The van der Waals surface area contributed by atoms with Gasteiger partial charge in [-0.15, -0.1) is 0 Å². The van der Waals surface area contributed by atoms with Crippen molar-refractivity contribution in [1.29, 1.82) is 0 Å². The molecule has 0 spiro atoms. The van der Waals surface area contributed by atoms with E-state index in [1.165, 1.54) is 12.8 Å². The Balaban J connectivity index is 2.22. The Labute approximate surface area is 92.2 Å². The Morgan fingerprint density at radius 2 is 2.21 bits per heavy atom. The molecule has 1 aliphatic heterocycles. The number of nitrogens with one attached hydrogen (secondary N) is 1. The molecule has 84 valence electrons. The van der Waals surface area contributed by atoms with Gasteiger partial charge in [0.05, 0.1) is 6.10 Å². The predicted molar refractivity (Wildman–Crippen MR) is 64.0 cm³/mol. The van der Waals surface area contributed by atoms with Gasteiger partial charge in [-0.05, 0) is 33.7 Å². The van der Waals surface area contributed by atoms with Crippen LogP contribution in [0.1, 0.15) is 33.6 Å². The lowest BCUT2D eigenvalue weighted by atomic mass is 10.2. The average Bonchev–Trinajstić information content (AvgIpc) is 2.51. The van der Waals surface area contributed by atoms with Gasteiger partial charge in [0.2, 0.25) is 0 Å². The lowest BCUT2D eigenvalue weighted by Crippen LogP contribution is -2.26. The second-order valence-corrected chi connectivity index (χ2v) is 5.96. The van der Waals surface area contributed by atoms with Crippen molar-refractivity contribution in [2.75, 3.05) is 13.7 Å². The van der Waals surface area contributed by atoms with Gasteiger partial charge in [0.1, 0.15) is 0 Å². The third kappa shape index (κ3) is 3.79. The smallest absolute Gasteiger partial charge is 0.0666 e. The molecule has 0 radical (unpaired) electrons. The SMILES string of the molecule is CNC(C)CC(C)SC1CCOC1C. The molecule has 0 aliphatic carbocycles. The van der Waals surface area contributed by atoms with Crippen LogP contribution in [0.25, 0.3) is 0 Å². The van der Waals surface area contributed by atoms with Gasteiger partial charge in [0.15, 0.2) is 0 Å². The summed E-state index contributed by atoms with van der Waals surface area (Å²) in [5.41, 5.74) is 0. The third-order valence-electron chi connectivity index (χ3n) is 2.89. The number of thioether (sulfide) groups is 1. The van der Waals surface area contributed by atoms with Gasteiger partial charge in [-0.2, -0.15) is 11.8 Å². The molecule has 1 fully saturated rings.